The van der Waals surface area contributed by atoms with Crippen molar-refractivity contribution in [3.63, 3.8) is 0 Å². The summed E-state index contributed by atoms with van der Waals surface area (Å²) in [7, 11) is 0. The average Bonchev–Trinajstić information content (AvgIpc) is 2.41. The van der Waals surface area contributed by atoms with Crippen LogP contribution in [0.25, 0.3) is 0 Å². The Morgan fingerprint density at radius 1 is 1.64 bits per heavy atom. The highest BCUT2D eigenvalue weighted by atomic mass is 15.2. The van der Waals surface area contributed by atoms with E-state index >= 15 is 0 Å². The molecular formula is C11H19N3. The van der Waals surface area contributed by atoms with Crippen molar-refractivity contribution in [2.24, 2.45) is 5.92 Å². The van der Waals surface area contributed by atoms with Crippen molar-refractivity contribution < 1.29 is 0 Å². The maximum absolute atomic E-state index is 4.41. The Hall–Kier alpha value is -1.25. The fourth-order valence-electron chi connectivity index (χ4n) is 1.38. The van der Waals surface area contributed by atoms with Gasteiger partial charge >= 0.3 is 0 Å². The Labute approximate surface area is 85.8 Å². The van der Waals surface area contributed by atoms with Gasteiger partial charge in [0.15, 0.2) is 0 Å². The van der Waals surface area contributed by atoms with Crippen LogP contribution >= 0.6 is 0 Å². The van der Waals surface area contributed by atoms with Gasteiger partial charge in [-0.2, -0.15) is 0 Å². The lowest BCUT2D eigenvalue weighted by Crippen LogP contribution is -2.09. The number of imidazole rings is 1. The van der Waals surface area contributed by atoms with Gasteiger partial charge in [-0.1, -0.05) is 19.9 Å². The van der Waals surface area contributed by atoms with Crippen LogP contribution in [-0.4, -0.2) is 16.1 Å². The van der Waals surface area contributed by atoms with Crippen LogP contribution in [-0.2, 0) is 6.54 Å². The van der Waals surface area contributed by atoms with Crippen LogP contribution in [0.1, 0.15) is 19.5 Å². The van der Waals surface area contributed by atoms with E-state index in [4.69, 9.17) is 0 Å². The van der Waals surface area contributed by atoms with Crippen LogP contribution in [0, 0.1) is 12.8 Å². The molecule has 0 spiro atoms. The number of hydrogen-bond acceptors (Lipinski definition) is 2. The normalized spacial score (nSPS) is 10.6. The van der Waals surface area contributed by atoms with Gasteiger partial charge in [0.25, 0.3) is 0 Å². The zero-order chi connectivity index (χ0) is 10.6. The quantitative estimate of drug-likeness (QED) is 0.728. The first-order valence-corrected chi connectivity index (χ1v) is 5.02. The summed E-state index contributed by atoms with van der Waals surface area (Å²) < 4.78 is 2.16. The first-order valence-electron chi connectivity index (χ1n) is 5.02. The largest absolute Gasteiger partial charge is 0.352 e. The topological polar surface area (TPSA) is 29.9 Å². The maximum atomic E-state index is 4.41. The van der Waals surface area contributed by atoms with Gasteiger partial charge in [-0.05, 0) is 12.8 Å². The third-order valence-electron chi connectivity index (χ3n) is 1.86. The molecule has 0 atom stereocenters. The molecule has 0 aromatic carbocycles. The van der Waals surface area contributed by atoms with E-state index in [1.807, 2.05) is 13.0 Å². The van der Waals surface area contributed by atoms with Crippen molar-refractivity contribution in [1.82, 2.24) is 9.55 Å². The summed E-state index contributed by atoms with van der Waals surface area (Å²) in [5.74, 6) is 1.57. The zero-order valence-electron chi connectivity index (χ0n) is 9.25. The Balaban J connectivity index is 2.74. The molecule has 0 saturated heterocycles. The summed E-state index contributed by atoms with van der Waals surface area (Å²) in [6.07, 6.45) is 3.91. The number of nitrogens with zero attached hydrogens (tertiary/aromatic N) is 2. The van der Waals surface area contributed by atoms with E-state index in [9.17, 15) is 0 Å². The molecule has 0 amide bonds. The summed E-state index contributed by atoms with van der Waals surface area (Å²) in [6, 6.07) is 0. The SMILES string of the molecule is C=CCNc1nc(C)cn1CC(C)C. The maximum Gasteiger partial charge on any atom is 0.203 e. The Kier molecular flexibility index (Phi) is 3.74. The van der Waals surface area contributed by atoms with Crippen LogP contribution < -0.4 is 5.32 Å². The Morgan fingerprint density at radius 2 is 2.36 bits per heavy atom. The minimum Gasteiger partial charge on any atom is -0.352 e. The van der Waals surface area contributed by atoms with Crippen LogP contribution in [0.4, 0.5) is 5.95 Å². The van der Waals surface area contributed by atoms with Crippen molar-refractivity contribution in [3.05, 3.63) is 24.5 Å². The number of aryl methyl sites for hydroxylation is 1. The van der Waals surface area contributed by atoms with E-state index < -0.39 is 0 Å². The molecule has 0 unspecified atom stereocenters. The first kappa shape index (κ1) is 10.8. The van der Waals surface area contributed by atoms with Gasteiger partial charge in [-0.3, -0.25) is 0 Å². The van der Waals surface area contributed by atoms with Gasteiger partial charge in [-0.25, -0.2) is 4.98 Å². The summed E-state index contributed by atoms with van der Waals surface area (Å²) in [6.45, 7) is 11.8. The van der Waals surface area contributed by atoms with Crippen molar-refractivity contribution in [1.29, 1.82) is 0 Å². The molecule has 0 aliphatic carbocycles. The molecule has 78 valence electrons. The predicted molar refractivity (Wildman–Crippen MR) is 60.5 cm³/mol. The lowest BCUT2D eigenvalue weighted by atomic mass is 10.2. The highest BCUT2D eigenvalue weighted by Gasteiger charge is 2.05. The van der Waals surface area contributed by atoms with Gasteiger partial charge in [0.2, 0.25) is 5.95 Å². The van der Waals surface area contributed by atoms with Crippen molar-refractivity contribution in [3.8, 4) is 0 Å². The standard InChI is InChI=1S/C11H19N3/c1-5-6-12-11-13-10(4)8-14(11)7-9(2)3/h5,8-9H,1,6-7H2,2-4H3,(H,12,13). The van der Waals surface area contributed by atoms with Crippen molar-refractivity contribution in [2.45, 2.75) is 27.3 Å². The lowest BCUT2D eigenvalue weighted by Gasteiger charge is -2.10. The zero-order valence-corrected chi connectivity index (χ0v) is 9.25. The molecule has 1 aromatic rings. The number of rotatable bonds is 5. The minimum atomic E-state index is 0.632. The van der Waals surface area contributed by atoms with E-state index in [1.54, 1.807) is 0 Å². The molecule has 3 heteroatoms. The molecule has 0 radical (unpaired) electrons. The molecular weight excluding hydrogens is 174 g/mol. The monoisotopic (exact) mass is 193 g/mol. The fourth-order valence-corrected chi connectivity index (χ4v) is 1.38. The molecule has 0 bridgehead atoms. The summed E-state index contributed by atoms with van der Waals surface area (Å²) in [5.41, 5.74) is 1.05. The molecule has 0 saturated carbocycles. The van der Waals surface area contributed by atoms with Crippen molar-refractivity contribution in [2.75, 3.05) is 11.9 Å². The Bertz CT molecular complexity index is 299. The summed E-state index contributed by atoms with van der Waals surface area (Å²) in [5, 5.41) is 3.22. The average molecular weight is 193 g/mol. The number of hydrogen-bond donors (Lipinski definition) is 1. The molecule has 14 heavy (non-hydrogen) atoms. The van der Waals surface area contributed by atoms with E-state index in [1.165, 1.54) is 0 Å². The second-order valence-corrected chi connectivity index (χ2v) is 3.92. The van der Waals surface area contributed by atoms with Gasteiger partial charge in [0.1, 0.15) is 0 Å². The molecule has 1 N–H and O–H groups in total. The second-order valence-electron chi connectivity index (χ2n) is 3.92. The highest BCUT2D eigenvalue weighted by Crippen LogP contribution is 2.10. The number of nitrogens with one attached hydrogen (secondary N) is 1. The third-order valence-corrected chi connectivity index (χ3v) is 1.86. The Morgan fingerprint density at radius 3 is 2.93 bits per heavy atom. The second kappa shape index (κ2) is 4.84. The molecule has 1 rings (SSSR count). The van der Waals surface area contributed by atoms with E-state index in [0.717, 1.165) is 24.7 Å². The van der Waals surface area contributed by atoms with E-state index in [2.05, 4.69) is 41.5 Å². The number of aromatic nitrogens is 2. The van der Waals surface area contributed by atoms with Crippen molar-refractivity contribution >= 4 is 5.95 Å². The minimum absolute atomic E-state index is 0.632. The van der Waals surface area contributed by atoms with Gasteiger partial charge in [-0.15, -0.1) is 6.58 Å². The van der Waals surface area contributed by atoms with Gasteiger partial charge in [0, 0.05) is 19.3 Å². The summed E-state index contributed by atoms with van der Waals surface area (Å²) >= 11 is 0. The van der Waals surface area contributed by atoms with Gasteiger partial charge in [0.05, 0.1) is 5.69 Å². The molecule has 1 heterocycles. The highest BCUT2D eigenvalue weighted by molar-refractivity contribution is 5.29. The first-order chi connectivity index (χ1) is 6.63. The molecule has 3 nitrogen and oxygen atoms in total. The summed E-state index contributed by atoms with van der Waals surface area (Å²) in [4.78, 5) is 4.41. The molecule has 0 aliphatic heterocycles. The van der Waals surface area contributed by atoms with Crippen LogP contribution in [0.5, 0.6) is 0 Å². The lowest BCUT2D eigenvalue weighted by molar-refractivity contribution is 0.526. The van der Waals surface area contributed by atoms with Crippen LogP contribution in [0.3, 0.4) is 0 Å². The predicted octanol–water partition coefficient (Wildman–Crippen LogP) is 2.45. The van der Waals surface area contributed by atoms with E-state index in [0.29, 0.717) is 5.92 Å². The van der Waals surface area contributed by atoms with Crippen LogP contribution in [0.15, 0.2) is 18.9 Å². The number of anilines is 1. The molecule has 0 fully saturated rings. The molecule has 1 aromatic heterocycles. The fraction of sp³-hybridized carbons (Fsp3) is 0.545. The molecule has 0 aliphatic rings. The van der Waals surface area contributed by atoms with E-state index in [-0.39, 0.29) is 0 Å². The smallest absolute Gasteiger partial charge is 0.203 e. The van der Waals surface area contributed by atoms with Gasteiger partial charge < -0.3 is 9.88 Å². The van der Waals surface area contributed by atoms with Crippen LogP contribution in [0.2, 0.25) is 0 Å². The third kappa shape index (κ3) is 2.91.